The molecule has 24 heavy (non-hydrogen) atoms. The van der Waals surface area contributed by atoms with E-state index in [4.69, 9.17) is 0 Å². The number of carbonyl (C=O) groups excluding carboxylic acids is 3. The Bertz CT molecular complexity index is 514. The topological polar surface area (TPSA) is 78.5 Å². The molecular weight excluding hydrogens is 306 g/mol. The molecule has 2 aliphatic carbocycles. The van der Waals surface area contributed by atoms with Gasteiger partial charge in [-0.25, -0.2) is 4.79 Å². The molecule has 0 aromatic heterocycles. The van der Waals surface area contributed by atoms with Crippen molar-refractivity contribution in [2.24, 2.45) is 5.92 Å². The Morgan fingerprint density at radius 2 is 1.79 bits per heavy atom. The molecule has 1 heterocycles. The number of rotatable bonds is 3. The lowest BCUT2D eigenvalue weighted by molar-refractivity contribution is -0.137. The maximum atomic E-state index is 12.8. The molecule has 134 valence electrons. The average molecular weight is 335 g/mol. The summed E-state index contributed by atoms with van der Waals surface area (Å²) in [7, 11) is 0. The quantitative estimate of drug-likeness (QED) is 0.614. The molecule has 1 spiro atoms. The van der Waals surface area contributed by atoms with Crippen molar-refractivity contribution in [3.63, 3.8) is 0 Å². The first-order valence-corrected chi connectivity index (χ1v) is 9.46. The zero-order chi connectivity index (χ0) is 17.2. The molecule has 0 radical (unpaired) electrons. The zero-order valence-electron chi connectivity index (χ0n) is 14.6. The number of urea groups is 1. The Morgan fingerprint density at radius 3 is 2.46 bits per heavy atom. The van der Waals surface area contributed by atoms with Gasteiger partial charge >= 0.3 is 6.03 Å². The molecule has 3 aliphatic rings. The highest BCUT2D eigenvalue weighted by molar-refractivity contribution is 6.09. The van der Waals surface area contributed by atoms with E-state index in [0.717, 1.165) is 49.8 Å². The third kappa shape index (κ3) is 3.28. The zero-order valence-corrected chi connectivity index (χ0v) is 14.6. The van der Waals surface area contributed by atoms with Crippen molar-refractivity contribution in [3.05, 3.63) is 0 Å². The smallest absolute Gasteiger partial charge is 0.325 e. The molecule has 0 aromatic rings. The summed E-state index contributed by atoms with van der Waals surface area (Å²) in [5.41, 5.74) is -0.780. The number of hydrogen-bond acceptors (Lipinski definition) is 3. The number of amides is 4. The normalized spacial score (nSPS) is 31.9. The highest BCUT2D eigenvalue weighted by Gasteiger charge is 2.55. The van der Waals surface area contributed by atoms with Crippen molar-refractivity contribution in [1.82, 2.24) is 15.5 Å². The van der Waals surface area contributed by atoms with E-state index in [-0.39, 0.29) is 30.3 Å². The molecule has 3 rings (SSSR count). The predicted molar refractivity (Wildman–Crippen MR) is 90.2 cm³/mol. The van der Waals surface area contributed by atoms with Gasteiger partial charge < -0.3 is 10.6 Å². The van der Waals surface area contributed by atoms with E-state index < -0.39 is 11.6 Å². The van der Waals surface area contributed by atoms with Crippen LogP contribution in [0.15, 0.2) is 0 Å². The third-order valence-electron chi connectivity index (χ3n) is 6.02. The molecular formula is C18H29N3O3. The van der Waals surface area contributed by atoms with Gasteiger partial charge in [0.1, 0.15) is 12.1 Å². The summed E-state index contributed by atoms with van der Waals surface area (Å²) in [6, 6.07) is -0.229. The van der Waals surface area contributed by atoms with Gasteiger partial charge in [-0.3, -0.25) is 14.5 Å². The molecule has 6 nitrogen and oxygen atoms in total. The van der Waals surface area contributed by atoms with Crippen molar-refractivity contribution in [2.75, 3.05) is 6.54 Å². The summed E-state index contributed by atoms with van der Waals surface area (Å²) < 4.78 is 0. The molecule has 3 fully saturated rings. The first kappa shape index (κ1) is 17.2. The molecule has 1 aliphatic heterocycles. The van der Waals surface area contributed by atoms with Gasteiger partial charge in [-0.05, 0) is 31.6 Å². The number of imide groups is 1. The highest BCUT2D eigenvalue weighted by Crippen LogP contribution is 2.38. The lowest BCUT2D eigenvalue weighted by Gasteiger charge is -2.36. The van der Waals surface area contributed by atoms with Crippen molar-refractivity contribution < 1.29 is 14.4 Å². The van der Waals surface area contributed by atoms with Crippen LogP contribution >= 0.6 is 0 Å². The van der Waals surface area contributed by atoms with Gasteiger partial charge in [0, 0.05) is 6.04 Å². The third-order valence-corrected chi connectivity index (χ3v) is 6.02. The van der Waals surface area contributed by atoms with Crippen LogP contribution in [-0.2, 0) is 9.59 Å². The molecule has 6 heteroatoms. The maximum Gasteiger partial charge on any atom is 0.325 e. The fourth-order valence-corrected chi connectivity index (χ4v) is 4.48. The van der Waals surface area contributed by atoms with Crippen molar-refractivity contribution >= 4 is 17.8 Å². The average Bonchev–Trinajstić information content (AvgIpc) is 2.75. The van der Waals surface area contributed by atoms with Gasteiger partial charge in [0.05, 0.1) is 0 Å². The largest absolute Gasteiger partial charge is 0.352 e. The van der Waals surface area contributed by atoms with Gasteiger partial charge in [0.15, 0.2) is 0 Å². The number of nitrogens with one attached hydrogen (secondary N) is 2. The van der Waals surface area contributed by atoms with E-state index >= 15 is 0 Å². The second-order valence-corrected chi connectivity index (χ2v) is 7.70. The summed E-state index contributed by atoms with van der Waals surface area (Å²) in [5, 5.41) is 5.91. The van der Waals surface area contributed by atoms with Gasteiger partial charge in [0.25, 0.3) is 5.91 Å². The van der Waals surface area contributed by atoms with Crippen LogP contribution in [0.2, 0.25) is 0 Å². The van der Waals surface area contributed by atoms with Gasteiger partial charge in [-0.1, -0.05) is 45.4 Å². The van der Waals surface area contributed by atoms with Crippen molar-refractivity contribution in [1.29, 1.82) is 0 Å². The Hall–Kier alpha value is -1.59. The Kier molecular flexibility index (Phi) is 5.11. The fourth-order valence-electron chi connectivity index (χ4n) is 4.48. The number of hydrogen-bond donors (Lipinski definition) is 2. The second-order valence-electron chi connectivity index (χ2n) is 7.70. The van der Waals surface area contributed by atoms with Crippen molar-refractivity contribution in [2.45, 2.75) is 82.7 Å². The first-order valence-electron chi connectivity index (χ1n) is 9.46. The van der Waals surface area contributed by atoms with E-state index in [1.807, 2.05) is 6.92 Å². The second kappa shape index (κ2) is 7.11. The van der Waals surface area contributed by atoms with Gasteiger partial charge in [0.2, 0.25) is 5.91 Å². The van der Waals surface area contributed by atoms with Crippen LogP contribution in [0, 0.1) is 5.92 Å². The minimum atomic E-state index is -0.780. The lowest BCUT2D eigenvalue weighted by atomic mass is 9.73. The molecule has 2 N–H and O–H groups in total. The lowest BCUT2D eigenvalue weighted by Crippen LogP contribution is -2.54. The van der Waals surface area contributed by atoms with E-state index in [2.05, 4.69) is 10.6 Å². The fraction of sp³-hybridized carbons (Fsp3) is 0.833. The SMILES string of the molecule is C[C@H]1CCCC[C@@]12NC(=O)N(CC(=O)NC1CCCCCC1)C2=O. The van der Waals surface area contributed by atoms with E-state index in [9.17, 15) is 14.4 Å². The van der Waals surface area contributed by atoms with Gasteiger partial charge in [-0.2, -0.15) is 0 Å². The van der Waals surface area contributed by atoms with Crippen LogP contribution in [0.1, 0.15) is 71.1 Å². The van der Waals surface area contributed by atoms with Crippen LogP contribution in [0.5, 0.6) is 0 Å². The van der Waals surface area contributed by atoms with Crippen LogP contribution in [0.4, 0.5) is 4.79 Å². The van der Waals surface area contributed by atoms with Crippen LogP contribution < -0.4 is 10.6 Å². The van der Waals surface area contributed by atoms with Crippen LogP contribution in [0.25, 0.3) is 0 Å². The molecule has 2 atom stereocenters. The van der Waals surface area contributed by atoms with Crippen molar-refractivity contribution in [3.8, 4) is 0 Å². The Labute approximate surface area is 143 Å². The summed E-state index contributed by atoms with van der Waals surface area (Å²) in [5.74, 6) is -0.306. The Morgan fingerprint density at radius 1 is 1.12 bits per heavy atom. The maximum absolute atomic E-state index is 12.8. The highest BCUT2D eigenvalue weighted by atomic mass is 16.2. The minimum absolute atomic E-state index is 0.123. The monoisotopic (exact) mass is 335 g/mol. The molecule has 2 saturated carbocycles. The number of nitrogens with zero attached hydrogens (tertiary/aromatic N) is 1. The molecule has 1 saturated heterocycles. The summed E-state index contributed by atoms with van der Waals surface area (Å²) >= 11 is 0. The first-order chi connectivity index (χ1) is 11.5. The molecule has 0 bridgehead atoms. The van der Waals surface area contributed by atoms with E-state index in [1.54, 1.807) is 0 Å². The van der Waals surface area contributed by atoms with Crippen LogP contribution in [-0.4, -0.2) is 40.9 Å². The molecule has 0 unspecified atom stereocenters. The summed E-state index contributed by atoms with van der Waals surface area (Å²) in [4.78, 5) is 38.6. The molecule has 4 amide bonds. The molecule has 0 aromatic carbocycles. The van der Waals surface area contributed by atoms with Gasteiger partial charge in [-0.15, -0.1) is 0 Å². The summed E-state index contributed by atoms with van der Waals surface area (Å²) in [6.45, 7) is 1.86. The Balaban J connectivity index is 1.61. The standard InChI is InChI=1S/C18H29N3O3/c1-13-8-6-7-11-18(13)16(23)21(17(24)20-18)12-15(22)19-14-9-4-2-3-5-10-14/h13-14H,2-12H2,1H3,(H,19,22)(H,20,24)/t13-,18+/m0/s1. The number of carbonyl (C=O) groups is 3. The van der Waals surface area contributed by atoms with E-state index in [0.29, 0.717) is 6.42 Å². The minimum Gasteiger partial charge on any atom is -0.352 e. The predicted octanol–water partition coefficient (Wildman–Crippen LogP) is 2.33. The van der Waals surface area contributed by atoms with Crippen LogP contribution in [0.3, 0.4) is 0 Å². The summed E-state index contributed by atoms with van der Waals surface area (Å²) in [6.07, 6.45) is 10.4. The van der Waals surface area contributed by atoms with E-state index in [1.165, 1.54) is 12.8 Å².